The summed E-state index contributed by atoms with van der Waals surface area (Å²) in [6, 6.07) is 14.7. The van der Waals surface area contributed by atoms with Gasteiger partial charge in [0, 0.05) is 13.1 Å². The molecule has 0 saturated carbocycles. The SMILES string of the molecule is CCOc1ccc(CNCc2ccc(C)cc2)cc1OCC.Cl. The summed E-state index contributed by atoms with van der Waals surface area (Å²) in [7, 11) is 0. The molecule has 0 heterocycles. The van der Waals surface area contributed by atoms with Crippen molar-refractivity contribution in [2.45, 2.75) is 33.9 Å². The molecule has 2 aromatic rings. The number of hydrogen-bond donors (Lipinski definition) is 1. The summed E-state index contributed by atoms with van der Waals surface area (Å²) in [5.41, 5.74) is 3.78. The van der Waals surface area contributed by atoms with Crippen molar-refractivity contribution in [2.75, 3.05) is 13.2 Å². The van der Waals surface area contributed by atoms with Crippen molar-refractivity contribution in [3.8, 4) is 11.5 Å². The van der Waals surface area contributed by atoms with Gasteiger partial charge in [0.2, 0.25) is 0 Å². The Labute approximate surface area is 145 Å². The minimum atomic E-state index is 0. The van der Waals surface area contributed by atoms with Gasteiger partial charge in [0.05, 0.1) is 13.2 Å². The Morgan fingerprint density at radius 1 is 0.783 bits per heavy atom. The summed E-state index contributed by atoms with van der Waals surface area (Å²) < 4.78 is 11.2. The first-order valence-electron chi connectivity index (χ1n) is 7.87. The second-order valence-electron chi connectivity index (χ2n) is 5.24. The lowest BCUT2D eigenvalue weighted by Crippen LogP contribution is -2.12. The third-order valence-electron chi connectivity index (χ3n) is 3.39. The topological polar surface area (TPSA) is 30.5 Å². The average molecular weight is 336 g/mol. The van der Waals surface area contributed by atoms with E-state index < -0.39 is 0 Å². The second kappa shape index (κ2) is 10.1. The highest BCUT2D eigenvalue weighted by Gasteiger charge is 2.06. The predicted octanol–water partition coefficient (Wildman–Crippen LogP) is 4.50. The third kappa shape index (κ3) is 6.12. The van der Waals surface area contributed by atoms with Gasteiger partial charge in [0.15, 0.2) is 11.5 Å². The summed E-state index contributed by atoms with van der Waals surface area (Å²) in [6.07, 6.45) is 0. The van der Waals surface area contributed by atoms with E-state index in [9.17, 15) is 0 Å². The zero-order valence-electron chi connectivity index (χ0n) is 14.1. The van der Waals surface area contributed by atoms with Crippen LogP contribution < -0.4 is 14.8 Å². The van der Waals surface area contributed by atoms with Gasteiger partial charge in [-0.1, -0.05) is 35.9 Å². The minimum absolute atomic E-state index is 0. The molecule has 0 unspecified atom stereocenters. The molecule has 126 valence electrons. The van der Waals surface area contributed by atoms with Crippen LogP contribution in [0.25, 0.3) is 0 Å². The van der Waals surface area contributed by atoms with Gasteiger partial charge < -0.3 is 14.8 Å². The first kappa shape index (κ1) is 19.3. The Morgan fingerprint density at radius 2 is 1.35 bits per heavy atom. The molecule has 23 heavy (non-hydrogen) atoms. The third-order valence-corrected chi connectivity index (χ3v) is 3.39. The normalized spacial score (nSPS) is 10.0. The van der Waals surface area contributed by atoms with E-state index in [1.165, 1.54) is 16.7 Å². The van der Waals surface area contributed by atoms with Crippen LogP contribution in [0.15, 0.2) is 42.5 Å². The van der Waals surface area contributed by atoms with E-state index in [2.05, 4.69) is 48.6 Å². The summed E-state index contributed by atoms with van der Waals surface area (Å²) in [5.74, 6) is 1.63. The van der Waals surface area contributed by atoms with Gasteiger partial charge in [0.25, 0.3) is 0 Å². The number of nitrogens with one attached hydrogen (secondary N) is 1. The Kier molecular flexibility index (Phi) is 8.52. The van der Waals surface area contributed by atoms with Crippen LogP contribution >= 0.6 is 12.4 Å². The molecule has 0 spiro atoms. The van der Waals surface area contributed by atoms with Crippen LogP contribution in [-0.4, -0.2) is 13.2 Å². The highest BCUT2D eigenvalue weighted by atomic mass is 35.5. The zero-order chi connectivity index (χ0) is 15.8. The Morgan fingerprint density at radius 3 is 2.00 bits per heavy atom. The highest BCUT2D eigenvalue weighted by Crippen LogP contribution is 2.28. The lowest BCUT2D eigenvalue weighted by molar-refractivity contribution is 0.287. The maximum absolute atomic E-state index is 5.66. The summed E-state index contributed by atoms with van der Waals surface area (Å²) >= 11 is 0. The first-order valence-corrected chi connectivity index (χ1v) is 7.87. The number of halogens is 1. The van der Waals surface area contributed by atoms with Gasteiger partial charge in [0.1, 0.15) is 0 Å². The quantitative estimate of drug-likeness (QED) is 0.770. The van der Waals surface area contributed by atoms with Crippen LogP contribution in [0.2, 0.25) is 0 Å². The van der Waals surface area contributed by atoms with Crippen molar-refractivity contribution in [1.29, 1.82) is 0 Å². The van der Waals surface area contributed by atoms with Gasteiger partial charge in [-0.2, -0.15) is 0 Å². The molecular formula is C19H26ClNO2. The van der Waals surface area contributed by atoms with Crippen molar-refractivity contribution >= 4 is 12.4 Å². The molecule has 0 aliphatic heterocycles. The van der Waals surface area contributed by atoms with Gasteiger partial charge in [-0.25, -0.2) is 0 Å². The molecular weight excluding hydrogens is 310 g/mol. The largest absolute Gasteiger partial charge is 0.490 e. The van der Waals surface area contributed by atoms with E-state index in [4.69, 9.17) is 9.47 Å². The molecule has 0 aromatic heterocycles. The number of ether oxygens (including phenoxy) is 2. The van der Waals surface area contributed by atoms with E-state index in [1.807, 2.05) is 19.9 Å². The van der Waals surface area contributed by atoms with E-state index in [1.54, 1.807) is 0 Å². The molecule has 2 rings (SSSR count). The molecule has 0 saturated heterocycles. The van der Waals surface area contributed by atoms with Crippen LogP contribution in [0.5, 0.6) is 11.5 Å². The summed E-state index contributed by atoms with van der Waals surface area (Å²) in [6.45, 7) is 9.01. The molecule has 0 aliphatic carbocycles. The van der Waals surface area contributed by atoms with Crippen LogP contribution in [0.1, 0.15) is 30.5 Å². The number of hydrogen-bond acceptors (Lipinski definition) is 3. The fourth-order valence-corrected chi connectivity index (χ4v) is 2.26. The van der Waals surface area contributed by atoms with Crippen LogP contribution in [0.3, 0.4) is 0 Å². The molecule has 0 bridgehead atoms. The van der Waals surface area contributed by atoms with E-state index in [-0.39, 0.29) is 12.4 Å². The standard InChI is InChI=1S/C19H25NO2.ClH/c1-4-21-18-11-10-17(12-19(18)22-5-2)14-20-13-16-8-6-15(3)7-9-16;/h6-12,20H,4-5,13-14H2,1-3H3;1H. The lowest BCUT2D eigenvalue weighted by atomic mass is 10.1. The van der Waals surface area contributed by atoms with Crippen molar-refractivity contribution in [2.24, 2.45) is 0 Å². The maximum atomic E-state index is 5.66. The Hall–Kier alpha value is -1.71. The van der Waals surface area contributed by atoms with E-state index in [0.29, 0.717) is 13.2 Å². The fourth-order valence-electron chi connectivity index (χ4n) is 2.26. The highest BCUT2D eigenvalue weighted by molar-refractivity contribution is 5.85. The number of aryl methyl sites for hydroxylation is 1. The van der Waals surface area contributed by atoms with E-state index in [0.717, 1.165) is 24.6 Å². The van der Waals surface area contributed by atoms with Gasteiger partial charge in [-0.05, 0) is 44.0 Å². The molecule has 0 radical (unpaired) electrons. The fraction of sp³-hybridized carbons (Fsp3) is 0.368. The molecule has 0 amide bonds. The average Bonchev–Trinajstić information content (AvgIpc) is 2.52. The number of rotatable bonds is 8. The van der Waals surface area contributed by atoms with E-state index >= 15 is 0 Å². The Balaban J connectivity index is 0.00000264. The lowest BCUT2D eigenvalue weighted by Gasteiger charge is -2.13. The molecule has 2 aromatic carbocycles. The van der Waals surface area contributed by atoms with Gasteiger partial charge >= 0.3 is 0 Å². The van der Waals surface area contributed by atoms with Crippen molar-refractivity contribution in [1.82, 2.24) is 5.32 Å². The van der Waals surface area contributed by atoms with Crippen LogP contribution in [0.4, 0.5) is 0 Å². The van der Waals surface area contributed by atoms with Crippen LogP contribution in [-0.2, 0) is 13.1 Å². The van der Waals surface area contributed by atoms with Crippen LogP contribution in [0, 0.1) is 6.92 Å². The Bertz CT molecular complexity index is 584. The first-order chi connectivity index (χ1) is 10.7. The molecule has 0 fully saturated rings. The maximum Gasteiger partial charge on any atom is 0.161 e. The predicted molar refractivity (Wildman–Crippen MR) is 97.8 cm³/mol. The minimum Gasteiger partial charge on any atom is -0.490 e. The van der Waals surface area contributed by atoms with Crippen molar-refractivity contribution in [3.63, 3.8) is 0 Å². The molecule has 0 aliphatic rings. The van der Waals surface area contributed by atoms with Crippen molar-refractivity contribution in [3.05, 3.63) is 59.2 Å². The molecule has 0 atom stereocenters. The monoisotopic (exact) mass is 335 g/mol. The molecule has 4 heteroatoms. The zero-order valence-corrected chi connectivity index (χ0v) is 14.9. The number of benzene rings is 2. The smallest absolute Gasteiger partial charge is 0.161 e. The molecule has 3 nitrogen and oxygen atoms in total. The summed E-state index contributed by atoms with van der Waals surface area (Å²) in [4.78, 5) is 0. The van der Waals surface area contributed by atoms with Gasteiger partial charge in [-0.15, -0.1) is 12.4 Å². The van der Waals surface area contributed by atoms with Gasteiger partial charge in [-0.3, -0.25) is 0 Å². The molecule has 1 N–H and O–H groups in total. The summed E-state index contributed by atoms with van der Waals surface area (Å²) in [5, 5.41) is 3.46. The second-order valence-corrected chi connectivity index (χ2v) is 5.24. The van der Waals surface area contributed by atoms with Crippen molar-refractivity contribution < 1.29 is 9.47 Å².